The van der Waals surface area contributed by atoms with Gasteiger partial charge in [-0.05, 0) is 42.3 Å². The molecule has 1 aromatic heterocycles. The molecule has 39 heavy (non-hydrogen) atoms. The molecule has 0 radical (unpaired) electrons. The van der Waals surface area contributed by atoms with Crippen LogP contribution in [-0.2, 0) is 19.6 Å². The number of anilines is 1. The van der Waals surface area contributed by atoms with E-state index in [0.717, 1.165) is 24.5 Å². The molecule has 0 spiro atoms. The second-order valence-electron chi connectivity index (χ2n) is 9.94. The van der Waals surface area contributed by atoms with Crippen LogP contribution in [0.15, 0.2) is 95.4 Å². The number of hydrogen-bond acceptors (Lipinski definition) is 6. The van der Waals surface area contributed by atoms with Gasteiger partial charge in [0.2, 0.25) is 0 Å². The fourth-order valence-corrected chi connectivity index (χ4v) is 4.87. The molecule has 200 valence electrons. The topological polar surface area (TPSA) is 83.1 Å². The van der Waals surface area contributed by atoms with E-state index < -0.39 is 4.92 Å². The first-order valence-corrected chi connectivity index (χ1v) is 13.1. The monoisotopic (exact) mass is 524 g/mol. The van der Waals surface area contributed by atoms with E-state index in [1.165, 1.54) is 28.8 Å². The third kappa shape index (κ3) is 6.72. The van der Waals surface area contributed by atoms with Crippen LogP contribution < -0.4 is 4.90 Å². The van der Waals surface area contributed by atoms with Crippen LogP contribution in [0, 0.1) is 17.0 Å². The Morgan fingerprint density at radius 1 is 0.821 bits per heavy atom. The Kier molecular flexibility index (Phi) is 8.03. The van der Waals surface area contributed by atoms with Crippen molar-refractivity contribution in [2.45, 2.75) is 26.6 Å². The number of nitrogens with zero attached hydrogens (tertiary/aromatic N) is 4. The van der Waals surface area contributed by atoms with E-state index in [1.54, 1.807) is 23.1 Å². The molecular formula is C31H32N4O4. The summed E-state index contributed by atoms with van der Waals surface area (Å²) in [5.74, 6) is 0.993. The van der Waals surface area contributed by atoms with E-state index in [1.807, 2.05) is 24.3 Å². The second kappa shape index (κ2) is 12.0. The number of non-ortho nitro benzene ring substituents is 1. The Hall–Kier alpha value is -4.43. The average Bonchev–Trinajstić information content (AvgIpc) is 3.43. The number of aryl methyl sites for hydroxylation is 1. The van der Waals surface area contributed by atoms with Crippen molar-refractivity contribution in [3.05, 3.63) is 129 Å². The number of furan rings is 1. The normalized spacial score (nSPS) is 13.6. The van der Waals surface area contributed by atoms with Crippen LogP contribution >= 0.6 is 0 Å². The van der Waals surface area contributed by atoms with Gasteiger partial charge in [-0.3, -0.25) is 19.8 Å². The van der Waals surface area contributed by atoms with Gasteiger partial charge in [-0.1, -0.05) is 60.2 Å². The van der Waals surface area contributed by atoms with E-state index in [-0.39, 0.29) is 11.6 Å². The third-order valence-corrected chi connectivity index (χ3v) is 7.02. The van der Waals surface area contributed by atoms with Crippen molar-refractivity contribution in [3.8, 4) is 0 Å². The molecule has 1 aliphatic heterocycles. The Morgan fingerprint density at radius 3 is 2.10 bits per heavy atom. The molecule has 0 bridgehead atoms. The number of carbonyl (C=O) groups excluding carboxylic acids is 1. The first-order valence-electron chi connectivity index (χ1n) is 13.1. The molecule has 1 saturated heterocycles. The first kappa shape index (κ1) is 26.2. The zero-order valence-corrected chi connectivity index (χ0v) is 22.0. The van der Waals surface area contributed by atoms with E-state index in [2.05, 4.69) is 53.1 Å². The number of rotatable bonds is 9. The number of amides is 1. The summed E-state index contributed by atoms with van der Waals surface area (Å²) >= 11 is 0. The van der Waals surface area contributed by atoms with Gasteiger partial charge in [0.1, 0.15) is 5.76 Å². The molecular weight excluding hydrogens is 492 g/mol. The van der Waals surface area contributed by atoms with Gasteiger partial charge >= 0.3 is 0 Å². The maximum atomic E-state index is 13.2. The molecule has 1 aliphatic rings. The number of nitro groups is 1. The van der Waals surface area contributed by atoms with E-state index in [9.17, 15) is 14.9 Å². The van der Waals surface area contributed by atoms with Gasteiger partial charge in [-0.15, -0.1) is 0 Å². The van der Waals surface area contributed by atoms with Crippen LogP contribution in [0.4, 0.5) is 11.4 Å². The summed E-state index contributed by atoms with van der Waals surface area (Å²) in [7, 11) is 0. The number of nitro benzene ring substituents is 1. The summed E-state index contributed by atoms with van der Waals surface area (Å²) in [5, 5.41) is 10.9. The van der Waals surface area contributed by atoms with Crippen LogP contribution in [0.3, 0.4) is 0 Å². The molecule has 0 atom stereocenters. The zero-order chi connectivity index (χ0) is 27.2. The number of piperazine rings is 1. The van der Waals surface area contributed by atoms with E-state index >= 15 is 0 Å². The van der Waals surface area contributed by atoms with Gasteiger partial charge in [0.15, 0.2) is 5.76 Å². The lowest BCUT2D eigenvalue weighted by Gasteiger charge is -2.35. The molecule has 8 heteroatoms. The lowest BCUT2D eigenvalue weighted by Crippen LogP contribution is -2.48. The Labute approximate surface area is 228 Å². The van der Waals surface area contributed by atoms with Crippen LogP contribution in [-0.4, -0.2) is 46.8 Å². The van der Waals surface area contributed by atoms with Gasteiger partial charge in [0, 0.05) is 57.1 Å². The molecule has 0 saturated carbocycles. The highest BCUT2D eigenvalue weighted by atomic mass is 16.6. The lowest BCUT2D eigenvalue weighted by molar-refractivity contribution is -0.384. The van der Waals surface area contributed by atoms with Crippen molar-refractivity contribution in [3.63, 3.8) is 0 Å². The summed E-state index contributed by atoms with van der Waals surface area (Å²) < 4.78 is 6.06. The van der Waals surface area contributed by atoms with Crippen molar-refractivity contribution >= 4 is 17.3 Å². The minimum absolute atomic E-state index is 0.0717. The summed E-state index contributed by atoms with van der Waals surface area (Å²) in [6.07, 6.45) is 0. The minimum Gasteiger partial charge on any atom is -0.455 e. The molecule has 2 heterocycles. The van der Waals surface area contributed by atoms with Crippen LogP contribution in [0.2, 0.25) is 0 Å². The standard InChI is InChI=1S/C31H32N4O4/c1-24-7-9-26(10-8-24)22-32(21-25-5-3-2-4-6-25)23-29-15-16-30(39-29)31(36)34-19-17-33(18-20-34)27-11-13-28(14-12-27)35(37)38/h2-16H,17-23H2,1H3. The molecule has 0 unspecified atom stereocenters. The third-order valence-electron chi connectivity index (χ3n) is 7.02. The van der Waals surface area contributed by atoms with Gasteiger partial charge in [0.05, 0.1) is 11.5 Å². The number of carbonyl (C=O) groups is 1. The highest BCUT2D eigenvalue weighted by molar-refractivity contribution is 5.91. The molecule has 0 aliphatic carbocycles. The number of benzene rings is 3. The van der Waals surface area contributed by atoms with Gasteiger partial charge in [-0.25, -0.2) is 0 Å². The highest BCUT2D eigenvalue weighted by Crippen LogP contribution is 2.22. The molecule has 5 rings (SSSR count). The largest absolute Gasteiger partial charge is 0.455 e. The van der Waals surface area contributed by atoms with Gasteiger partial charge in [-0.2, -0.15) is 0 Å². The maximum absolute atomic E-state index is 13.2. The molecule has 4 aromatic rings. The fraction of sp³-hybridized carbons (Fsp3) is 0.258. The first-order chi connectivity index (χ1) is 18.9. The Balaban J connectivity index is 1.21. The smallest absolute Gasteiger partial charge is 0.289 e. The van der Waals surface area contributed by atoms with Crippen molar-refractivity contribution in [2.24, 2.45) is 0 Å². The highest BCUT2D eigenvalue weighted by Gasteiger charge is 2.25. The molecule has 1 fully saturated rings. The van der Waals surface area contributed by atoms with E-state index in [4.69, 9.17) is 4.42 Å². The molecule has 3 aromatic carbocycles. The molecule has 0 N–H and O–H groups in total. The van der Waals surface area contributed by atoms with Crippen LogP contribution in [0.25, 0.3) is 0 Å². The second-order valence-corrected chi connectivity index (χ2v) is 9.94. The average molecular weight is 525 g/mol. The molecule has 1 amide bonds. The predicted octanol–water partition coefficient (Wildman–Crippen LogP) is 5.66. The van der Waals surface area contributed by atoms with Gasteiger partial charge in [0.25, 0.3) is 11.6 Å². The van der Waals surface area contributed by atoms with Crippen molar-refractivity contribution in [2.75, 3.05) is 31.1 Å². The van der Waals surface area contributed by atoms with Crippen molar-refractivity contribution in [1.29, 1.82) is 0 Å². The van der Waals surface area contributed by atoms with Crippen LogP contribution in [0.5, 0.6) is 0 Å². The lowest BCUT2D eigenvalue weighted by atomic mass is 10.1. The van der Waals surface area contributed by atoms with E-state index in [0.29, 0.717) is 38.5 Å². The Morgan fingerprint density at radius 2 is 1.46 bits per heavy atom. The SMILES string of the molecule is Cc1ccc(CN(Cc2ccccc2)Cc2ccc(C(=O)N3CCN(c4ccc([N+](=O)[O-])cc4)CC3)o2)cc1. The maximum Gasteiger partial charge on any atom is 0.289 e. The zero-order valence-electron chi connectivity index (χ0n) is 22.0. The van der Waals surface area contributed by atoms with Crippen molar-refractivity contribution in [1.82, 2.24) is 9.80 Å². The summed E-state index contributed by atoms with van der Waals surface area (Å²) in [6.45, 7) is 6.62. The predicted molar refractivity (Wildman–Crippen MR) is 150 cm³/mol. The summed E-state index contributed by atoms with van der Waals surface area (Å²) in [6, 6.07) is 29.1. The Bertz CT molecular complexity index is 1390. The van der Waals surface area contributed by atoms with Crippen LogP contribution in [0.1, 0.15) is 33.0 Å². The van der Waals surface area contributed by atoms with Crippen molar-refractivity contribution < 1.29 is 14.1 Å². The number of hydrogen-bond donors (Lipinski definition) is 0. The fourth-order valence-electron chi connectivity index (χ4n) is 4.87. The quantitative estimate of drug-likeness (QED) is 0.208. The minimum atomic E-state index is -0.401. The summed E-state index contributed by atoms with van der Waals surface area (Å²) in [5.41, 5.74) is 4.67. The van der Waals surface area contributed by atoms with Gasteiger partial charge < -0.3 is 14.2 Å². The molecule has 8 nitrogen and oxygen atoms in total. The summed E-state index contributed by atoms with van der Waals surface area (Å²) in [4.78, 5) is 30.0.